The molecule has 15 heavy (non-hydrogen) atoms. The van der Waals surface area contributed by atoms with Gasteiger partial charge in [-0.1, -0.05) is 13.8 Å². The van der Waals surface area contributed by atoms with Crippen LogP contribution in [0.4, 0.5) is 0 Å². The molecule has 0 rings (SSSR count). The van der Waals surface area contributed by atoms with Crippen molar-refractivity contribution in [2.24, 2.45) is 0 Å². The van der Waals surface area contributed by atoms with Crippen LogP contribution in [0.3, 0.4) is 0 Å². The van der Waals surface area contributed by atoms with E-state index in [1.807, 2.05) is 0 Å². The minimum absolute atomic E-state index is 0.132. The van der Waals surface area contributed by atoms with Gasteiger partial charge in [-0.25, -0.2) is 0 Å². The standard InChI is InChI=1S/C3H8O3S2.C3H8O3S/c1-2-3(7)8(4,5)6;1-2-3-7(4,5)6/h3,7H,2H2,1H3,(H,4,5,6);2-3H2,1H3,(H,4,5,6). The lowest BCUT2D eigenvalue weighted by Crippen LogP contribution is -2.11. The SMILES string of the molecule is CCC(S)S(=O)(=O)O.CCCS(=O)(=O)O. The topological polar surface area (TPSA) is 109 Å². The van der Waals surface area contributed by atoms with Crippen molar-refractivity contribution in [2.75, 3.05) is 5.75 Å². The molecule has 1 atom stereocenters. The normalized spacial score (nSPS) is 13.9. The highest BCUT2D eigenvalue weighted by Crippen LogP contribution is 2.06. The first-order valence-corrected chi connectivity index (χ1v) is 7.77. The Morgan fingerprint density at radius 1 is 1.13 bits per heavy atom. The van der Waals surface area contributed by atoms with Gasteiger partial charge >= 0.3 is 0 Å². The summed E-state index contributed by atoms with van der Waals surface area (Å²) >= 11 is 3.57. The fourth-order valence-electron chi connectivity index (χ4n) is 0.469. The quantitative estimate of drug-likeness (QED) is 0.520. The van der Waals surface area contributed by atoms with E-state index in [0.717, 1.165) is 0 Å². The van der Waals surface area contributed by atoms with Gasteiger partial charge < -0.3 is 0 Å². The first-order chi connectivity index (χ1) is 6.54. The average Bonchev–Trinajstić information content (AvgIpc) is 2.00. The van der Waals surface area contributed by atoms with Crippen LogP contribution in [0.15, 0.2) is 0 Å². The van der Waals surface area contributed by atoms with Gasteiger partial charge in [0.05, 0.1) is 5.75 Å². The summed E-state index contributed by atoms with van der Waals surface area (Å²) in [6.45, 7) is 3.32. The molecule has 0 saturated carbocycles. The van der Waals surface area contributed by atoms with Gasteiger partial charge in [-0.15, -0.1) is 0 Å². The highest BCUT2D eigenvalue weighted by atomic mass is 32.3. The summed E-state index contributed by atoms with van der Waals surface area (Å²) in [5, 5.41) is 0. The summed E-state index contributed by atoms with van der Waals surface area (Å²) in [6.07, 6.45) is 0.792. The van der Waals surface area contributed by atoms with E-state index in [2.05, 4.69) is 12.6 Å². The fourth-order valence-corrected chi connectivity index (χ4v) is 1.41. The molecule has 9 heteroatoms. The van der Waals surface area contributed by atoms with E-state index in [-0.39, 0.29) is 5.75 Å². The van der Waals surface area contributed by atoms with E-state index in [1.165, 1.54) is 0 Å². The molecule has 1 unspecified atom stereocenters. The molecule has 0 amide bonds. The Balaban J connectivity index is 0. The minimum atomic E-state index is -3.89. The van der Waals surface area contributed by atoms with Crippen LogP contribution in [0.25, 0.3) is 0 Å². The van der Waals surface area contributed by atoms with Crippen molar-refractivity contribution < 1.29 is 25.9 Å². The van der Waals surface area contributed by atoms with Crippen LogP contribution in [0.5, 0.6) is 0 Å². The van der Waals surface area contributed by atoms with E-state index in [4.69, 9.17) is 9.11 Å². The van der Waals surface area contributed by atoms with Crippen molar-refractivity contribution >= 4 is 32.9 Å². The number of hydrogen-bond acceptors (Lipinski definition) is 5. The van der Waals surface area contributed by atoms with Crippen LogP contribution < -0.4 is 0 Å². The lowest BCUT2D eigenvalue weighted by Gasteiger charge is -1.99. The highest BCUT2D eigenvalue weighted by molar-refractivity contribution is 8.01. The van der Waals surface area contributed by atoms with Crippen molar-refractivity contribution in [3.05, 3.63) is 0 Å². The first-order valence-electron chi connectivity index (χ1n) is 4.14. The predicted molar refractivity (Wildman–Crippen MR) is 61.3 cm³/mol. The third-order valence-electron chi connectivity index (χ3n) is 1.16. The molecule has 0 saturated heterocycles. The van der Waals surface area contributed by atoms with Crippen LogP contribution in [-0.4, -0.2) is 36.3 Å². The molecule has 6 nitrogen and oxygen atoms in total. The maximum Gasteiger partial charge on any atom is 0.276 e. The Morgan fingerprint density at radius 2 is 1.53 bits per heavy atom. The highest BCUT2D eigenvalue weighted by Gasteiger charge is 2.14. The van der Waals surface area contributed by atoms with Crippen LogP contribution in [0.2, 0.25) is 0 Å². The predicted octanol–water partition coefficient (Wildman–Crippen LogP) is 0.824. The second-order valence-electron chi connectivity index (χ2n) is 2.66. The summed E-state index contributed by atoms with van der Waals surface area (Å²) in [4.78, 5) is 0. The van der Waals surface area contributed by atoms with E-state index < -0.39 is 24.8 Å². The van der Waals surface area contributed by atoms with E-state index >= 15 is 0 Å². The molecular formula is C6H16O6S3. The molecule has 0 aromatic heterocycles. The summed E-state index contributed by atoms with van der Waals surface area (Å²) in [7, 11) is -7.56. The molecule has 2 N–H and O–H groups in total. The molecule has 0 aromatic carbocycles. The Bertz CT molecular complexity index is 343. The van der Waals surface area contributed by atoms with Crippen molar-refractivity contribution in [3.63, 3.8) is 0 Å². The van der Waals surface area contributed by atoms with E-state index in [0.29, 0.717) is 12.8 Å². The maximum atomic E-state index is 10.0. The molecule has 0 bridgehead atoms. The maximum absolute atomic E-state index is 10.0. The van der Waals surface area contributed by atoms with Gasteiger partial charge in [-0.3, -0.25) is 9.11 Å². The van der Waals surface area contributed by atoms with Crippen LogP contribution in [0.1, 0.15) is 26.7 Å². The zero-order valence-corrected chi connectivity index (χ0v) is 11.0. The smallest absolute Gasteiger partial charge is 0.276 e. The summed E-state index contributed by atoms with van der Waals surface area (Å²) in [6, 6.07) is 0. The molecule has 0 heterocycles. The fraction of sp³-hybridized carbons (Fsp3) is 1.00. The minimum Gasteiger partial charge on any atom is -0.286 e. The van der Waals surface area contributed by atoms with Gasteiger partial charge in [-0.2, -0.15) is 29.5 Å². The Kier molecular flexibility index (Phi) is 8.72. The molecule has 0 radical (unpaired) electrons. The Hall–Kier alpha value is 0.170. The van der Waals surface area contributed by atoms with Crippen molar-refractivity contribution in [2.45, 2.75) is 31.3 Å². The van der Waals surface area contributed by atoms with Crippen molar-refractivity contribution in [1.29, 1.82) is 0 Å². The lowest BCUT2D eigenvalue weighted by molar-refractivity contribution is 0.477. The van der Waals surface area contributed by atoms with E-state index in [1.54, 1.807) is 13.8 Å². The number of hydrogen-bond donors (Lipinski definition) is 3. The second kappa shape index (κ2) is 7.44. The molecule has 0 aliphatic heterocycles. The molecule has 0 aromatic rings. The number of rotatable bonds is 4. The molecule has 0 spiro atoms. The largest absolute Gasteiger partial charge is 0.286 e. The third-order valence-corrected chi connectivity index (χ3v) is 4.26. The average molecular weight is 280 g/mol. The molecule has 0 fully saturated rings. The van der Waals surface area contributed by atoms with Gasteiger partial charge in [0.1, 0.15) is 4.58 Å². The molecule has 0 aliphatic rings. The van der Waals surface area contributed by atoms with Crippen LogP contribution >= 0.6 is 12.6 Å². The van der Waals surface area contributed by atoms with Crippen molar-refractivity contribution in [1.82, 2.24) is 0 Å². The van der Waals surface area contributed by atoms with Gasteiger partial charge in [0.2, 0.25) is 0 Å². The first kappa shape index (κ1) is 17.6. The van der Waals surface area contributed by atoms with Gasteiger partial charge in [-0.05, 0) is 12.8 Å². The van der Waals surface area contributed by atoms with Gasteiger partial charge in [0.15, 0.2) is 0 Å². The Labute approximate surface area is 96.0 Å². The second-order valence-corrected chi connectivity index (χ2v) is 6.81. The van der Waals surface area contributed by atoms with Crippen molar-refractivity contribution in [3.8, 4) is 0 Å². The van der Waals surface area contributed by atoms with Crippen LogP contribution in [0, 0.1) is 0 Å². The third kappa shape index (κ3) is 14.2. The molecule has 0 aliphatic carbocycles. The monoisotopic (exact) mass is 280 g/mol. The van der Waals surface area contributed by atoms with E-state index in [9.17, 15) is 16.8 Å². The van der Waals surface area contributed by atoms with Gasteiger partial charge in [0, 0.05) is 0 Å². The number of thiol groups is 1. The zero-order chi connectivity index (χ0) is 12.7. The molecular weight excluding hydrogens is 264 g/mol. The summed E-state index contributed by atoms with van der Waals surface area (Å²) in [5.74, 6) is -0.132. The van der Waals surface area contributed by atoms with Crippen LogP contribution in [-0.2, 0) is 20.2 Å². The molecule has 94 valence electrons. The zero-order valence-electron chi connectivity index (χ0n) is 8.49. The van der Waals surface area contributed by atoms with Gasteiger partial charge in [0.25, 0.3) is 20.2 Å². The summed E-state index contributed by atoms with van der Waals surface area (Å²) < 4.78 is 54.9. The summed E-state index contributed by atoms with van der Waals surface area (Å²) in [5.41, 5.74) is 0. The lowest BCUT2D eigenvalue weighted by atomic mass is 10.6. The Morgan fingerprint density at radius 3 is 1.53 bits per heavy atom.